The van der Waals surface area contributed by atoms with Crippen LogP contribution in [0.4, 0.5) is 0 Å². The van der Waals surface area contributed by atoms with Crippen molar-refractivity contribution in [3.63, 3.8) is 0 Å². The molecule has 0 saturated heterocycles. The van der Waals surface area contributed by atoms with Crippen LogP contribution in [0.25, 0.3) is 21.9 Å². The van der Waals surface area contributed by atoms with Crippen molar-refractivity contribution < 1.29 is 23.3 Å². The van der Waals surface area contributed by atoms with Crippen LogP contribution in [0.2, 0.25) is 39.3 Å². The second-order valence-corrected chi connectivity index (χ2v) is 14.6. The summed E-state index contributed by atoms with van der Waals surface area (Å²) in [6, 6.07) is 32.8. The molecule has 1 aliphatic carbocycles. The van der Waals surface area contributed by atoms with Gasteiger partial charge in [0.15, 0.2) is 0 Å². The van der Waals surface area contributed by atoms with Crippen LogP contribution in [0.3, 0.4) is 0 Å². The molecule has 34 heavy (non-hydrogen) atoms. The van der Waals surface area contributed by atoms with E-state index in [1.807, 2.05) is 6.07 Å². The summed E-state index contributed by atoms with van der Waals surface area (Å²) >= 11 is 1.36. The molecule has 4 aromatic rings. The summed E-state index contributed by atoms with van der Waals surface area (Å²) in [6.07, 6.45) is 1.05. The van der Waals surface area contributed by atoms with Crippen molar-refractivity contribution in [2.24, 2.45) is 0 Å². The van der Waals surface area contributed by atoms with Crippen LogP contribution in [-0.2, 0) is 29.8 Å². The van der Waals surface area contributed by atoms with Crippen molar-refractivity contribution >= 4 is 60.1 Å². The van der Waals surface area contributed by atoms with Crippen LogP contribution in [0.1, 0.15) is 11.1 Å². The molecule has 0 saturated carbocycles. The molecule has 0 amide bonds. The van der Waals surface area contributed by atoms with E-state index in [2.05, 4.69) is 131 Å². The van der Waals surface area contributed by atoms with Gasteiger partial charge in [0, 0.05) is 17.6 Å². The third-order valence-corrected chi connectivity index (χ3v) is 4.16. The first-order chi connectivity index (χ1) is 15.4. The van der Waals surface area contributed by atoms with Gasteiger partial charge in [0.1, 0.15) is 0 Å². The third-order valence-electron chi connectivity index (χ3n) is 4.16. The average Bonchev–Trinajstić information content (AvgIpc) is 3.39. The summed E-state index contributed by atoms with van der Waals surface area (Å²) in [4.78, 5) is 0. The monoisotopic (exact) mass is 616 g/mol. The van der Waals surface area contributed by atoms with Gasteiger partial charge in [-0.1, -0.05) is 80.7 Å². The van der Waals surface area contributed by atoms with Crippen molar-refractivity contribution in [3.8, 4) is 11.1 Å². The molecule has 0 aliphatic heterocycles. The largest absolute Gasteiger partial charge is 0.179 e. The van der Waals surface area contributed by atoms with Crippen LogP contribution in [0, 0.1) is 6.07 Å². The Kier molecular flexibility index (Phi) is 21.5. The van der Waals surface area contributed by atoms with Gasteiger partial charge in [-0.25, -0.2) is 0 Å². The number of hydrogen-bond acceptors (Lipinski definition) is 0. The second-order valence-electron chi connectivity index (χ2n) is 8.55. The van der Waals surface area contributed by atoms with Crippen molar-refractivity contribution in [3.05, 3.63) is 102 Å². The fourth-order valence-electron chi connectivity index (χ4n) is 3.07. The first-order valence-electron chi connectivity index (χ1n) is 10.8. The van der Waals surface area contributed by atoms with E-state index in [-0.39, 0.29) is 42.4 Å². The fourth-order valence-corrected chi connectivity index (χ4v) is 3.07. The molecule has 0 unspecified atom stereocenters. The first-order valence-corrected chi connectivity index (χ1v) is 21.0. The minimum atomic E-state index is 0. The molecule has 0 heterocycles. The van der Waals surface area contributed by atoms with Gasteiger partial charge >= 0.3 is 30.2 Å². The number of hydrogen-bond donors (Lipinski definition) is 0. The Bertz CT molecular complexity index is 963. The number of halogens is 2. The minimum Gasteiger partial charge on any atom is -0.179 e. The molecule has 0 aromatic heterocycles. The van der Waals surface area contributed by atoms with Crippen LogP contribution >= 0.6 is 24.8 Å². The van der Waals surface area contributed by atoms with Gasteiger partial charge in [0.25, 0.3) is 0 Å². The van der Waals surface area contributed by atoms with Gasteiger partial charge in [-0.05, 0) is 6.42 Å². The van der Waals surface area contributed by atoms with Crippen molar-refractivity contribution in [1.82, 2.24) is 0 Å². The van der Waals surface area contributed by atoms with E-state index in [1.165, 1.54) is 56.4 Å². The summed E-state index contributed by atoms with van der Waals surface area (Å²) in [6.45, 7) is 16.7. The summed E-state index contributed by atoms with van der Waals surface area (Å²) in [5.74, 6) is 0. The average molecular weight is 619 g/mol. The van der Waals surface area contributed by atoms with Gasteiger partial charge in [-0.2, -0.15) is 47.3 Å². The summed E-state index contributed by atoms with van der Waals surface area (Å²) in [7, 11) is 0.241. The van der Waals surface area contributed by atoms with Crippen molar-refractivity contribution in [1.29, 1.82) is 0 Å². The van der Waals surface area contributed by atoms with E-state index in [4.69, 9.17) is 0 Å². The molecule has 0 atom stereocenters. The Hall–Kier alpha value is -0.616. The summed E-state index contributed by atoms with van der Waals surface area (Å²) in [5.41, 5.74) is 5.51. The molecule has 4 aromatic carbocycles. The Labute approximate surface area is 240 Å². The quantitative estimate of drug-likeness (QED) is 0.120. The van der Waals surface area contributed by atoms with E-state index in [1.54, 1.807) is 0 Å². The summed E-state index contributed by atoms with van der Waals surface area (Å²) < 4.78 is 0. The van der Waals surface area contributed by atoms with Crippen molar-refractivity contribution in [2.75, 3.05) is 0 Å². The maximum atomic E-state index is 3.30. The molecule has 6 heteroatoms. The fraction of sp³-hybridized carbons (Fsp3) is 0.250. The molecule has 0 fully saturated rings. The Balaban J connectivity index is 0. The molecular weight excluding hydrogens is 583 g/mol. The van der Waals surface area contributed by atoms with E-state index in [9.17, 15) is 0 Å². The van der Waals surface area contributed by atoms with E-state index in [0.29, 0.717) is 0 Å². The smallest absolute Gasteiger partial charge is 0.0253 e. The normalized spacial score (nSPS) is 9.71. The molecule has 0 spiro atoms. The molecule has 0 nitrogen and oxygen atoms in total. The van der Waals surface area contributed by atoms with Gasteiger partial charge in [0.05, 0.1) is 0 Å². The predicted octanol–water partition coefficient (Wildman–Crippen LogP) is 8.82. The van der Waals surface area contributed by atoms with Crippen LogP contribution in [0.15, 0.2) is 84.9 Å². The molecule has 0 N–H and O–H groups in total. The van der Waals surface area contributed by atoms with Gasteiger partial charge < -0.3 is 0 Å². The minimum absolute atomic E-state index is 0. The molecule has 4 radical (unpaired) electrons. The Morgan fingerprint density at radius 1 is 0.735 bits per heavy atom. The van der Waals surface area contributed by atoms with E-state index in [0.717, 1.165) is 6.42 Å². The zero-order chi connectivity index (χ0) is 23.9. The molecule has 5 rings (SSSR count). The van der Waals surface area contributed by atoms with Gasteiger partial charge in [-0.15, -0.1) is 60.0 Å². The standard InChI is InChI=1S/C13H9.C9H7.2C3H9Si.2ClH.Si.Zr/c1-3-7-12-10(5-1)9-11-6-2-4-8-13(11)12;1-2-5-9-7-3-6-8(9)4-1;2*1-4(2)3;;;;/h1-5,7-8H,9H2;1-7H;2*1-3H3;2*1H;;/q2*-1;;;;;;+2. The van der Waals surface area contributed by atoms with Crippen LogP contribution < -0.4 is 0 Å². The third kappa shape index (κ3) is 13.5. The maximum Gasteiger partial charge on any atom is -0.0253 e. The van der Waals surface area contributed by atoms with Crippen LogP contribution in [0.5, 0.6) is 0 Å². The molecular formula is C28H36Cl2Si3Zr. The number of fused-ring (bicyclic) bond motifs is 4. The van der Waals surface area contributed by atoms with E-state index < -0.39 is 0 Å². The van der Waals surface area contributed by atoms with Crippen molar-refractivity contribution in [2.45, 2.75) is 45.7 Å². The topological polar surface area (TPSA) is 0 Å². The van der Waals surface area contributed by atoms with Gasteiger partial charge in [-0.3, -0.25) is 0 Å². The molecule has 0 bridgehead atoms. The zero-order valence-electron chi connectivity index (χ0n) is 21.1. The maximum absolute atomic E-state index is 3.30. The Morgan fingerprint density at radius 2 is 1.26 bits per heavy atom. The van der Waals surface area contributed by atoms with Crippen LogP contribution in [-0.4, -0.2) is 24.5 Å². The zero-order valence-corrected chi connectivity index (χ0v) is 28.2. The number of rotatable bonds is 0. The first kappa shape index (κ1) is 35.5. The van der Waals surface area contributed by atoms with Gasteiger partial charge in [0.2, 0.25) is 0 Å². The summed E-state index contributed by atoms with van der Waals surface area (Å²) in [5, 5.41) is 2.66. The Morgan fingerprint density at radius 3 is 1.88 bits per heavy atom. The molecule has 1 aliphatic rings. The number of benzene rings is 3. The second kappa shape index (κ2) is 20.6. The molecule has 178 valence electrons. The predicted molar refractivity (Wildman–Crippen MR) is 160 cm³/mol. The van der Waals surface area contributed by atoms with E-state index >= 15 is 0 Å². The SMILES string of the molecule is C[Si](C)C.C[Si](C)C.Cl.Cl.[Si]=[Zr+2].[c-]1cccc2c1Cc1ccccc1-2.c1ccc2[cH-]ccc2c1.